The van der Waals surface area contributed by atoms with Crippen LogP contribution in [0.25, 0.3) is 0 Å². The molecule has 1 atom stereocenters. The fourth-order valence-electron chi connectivity index (χ4n) is 1.72. The fraction of sp³-hybridized carbons (Fsp3) is 0.125. The molecule has 0 radical (unpaired) electrons. The Labute approximate surface area is 122 Å². The van der Waals surface area contributed by atoms with Gasteiger partial charge < -0.3 is 15.8 Å². The Morgan fingerprint density at radius 2 is 1.67 bits per heavy atom. The highest BCUT2D eigenvalue weighted by molar-refractivity contribution is 5.96. The molecule has 0 bridgehead atoms. The highest BCUT2D eigenvalue weighted by Crippen LogP contribution is 2.13. The van der Waals surface area contributed by atoms with E-state index in [4.69, 9.17) is 10.5 Å². The first kappa shape index (κ1) is 14.6. The van der Waals surface area contributed by atoms with Gasteiger partial charge in [-0.15, -0.1) is 0 Å². The minimum absolute atomic E-state index is 0.273. The number of hydrogen-bond donors (Lipinski definition) is 2. The molecule has 0 aromatic heterocycles. The molecule has 0 fully saturated rings. The Morgan fingerprint density at radius 3 is 2.24 bits per heavy atom. The van der Waals surface area contributed by atoms with Crippen LogP contribution in [-0.2, 0) is 4.79 Å². The van der Waals surface area contributed by atoms with E-state index in [1.807, 2.05) is 18.2 Å². The zero-order valence-corrected chi connectivity index (χ0v) is 11.6. The minimum atomic E-state index is -0.636. The van der Waals surface area contributed by atoms with Crippen molar-refractivity contribution >= 4 is 17.5 Å². The number of carbonyl (C=O) groups is 2. The number of nitrogens with two attached hydrogens (primary N) is 1. The highest BCUT2D eigenvalue weighted by Gasteiger charge is 2.14. The van der Waals surface area contributed by atoms with E-state index in [2.05, 4.69) is 5.32 Å². The molecular weight excluding hydrogens is 268 g/mol. The van der Waals surface area contributed by atoms with Crippen LogP contribution < -0.4 is 15.8 Å². The number of nitrogens with one attached hydrogen (secondary N) is 1. The van der Waals surface area contributed by atoms with Crippen molar-refractivity contribution in [2.45, 2.75) is 13.0 Å². The van der Waals surface area contributed by atoms with Crippen molar-refractivity contribution < 1.29 is 14.3 Å². The van der Waals surface area contributed by atoms with Crippen LogP contribution in [-0.4, -0.2) is 17.9 Å². The second-order valence-electron chi connectivity index (χ2n) is 4.50. The summed E-state index contributed by atoms with van der Waals surface area (Å²) in [7, 11) is 0. The lowest BCUT2D eigenvalue weighted by molar-refractivity contribution is -0.122. The predicted octanol–water partition coefficient (Wildman–Crippen LogP) is 2.19. The molecule has 108 valence electrons. The Hall–Kier alpha value is -2.82. The first-order chi connectivity index (χ1) is 10.1. The average Bonchev–Trinajstić information content (AvgIpc) is 2.48. The molecule has 21 heavy (non-hydrogen) atoms. The van der Waals surface area contributed by atoms with Crippen molar-refractivity contribution in [1.82, 2.24) is 0 Å². The molecule has 0 saturated heterocycles. The van der Waals surface area contributed by atoms with Crippen LogP contribution >= 0.6 is 0 Å². The number of primary amides is 1. The summed E-state index contributed by atoms with van der Waals surface area (Å²) in [6, 6.07) is 15.5. The Bertz CT molecular complexity index is 624. The van der Waals surface area contributed by atoms with Gasteiger partial charge in [-0.3, -0.25) is 9.59 Å². The lowest BCUT2D eigenvalue weighted by atomic mass is 10.2. The van der Waals surface area contributed by atoms with E-state index in [1.54, 1.807) is 43.3 Å². The molecule has 5 heteroatoms. The third-order valence-electron chi connectivity index (χ3n) is 2.86. The van der Waals surface area contributed by atoms with Gasteiger partial charge in [0.2, 0.25) is 5.91 Å². The van der Waals surface area contributed by atoms with E-state index in [-0.39, 0.29) is 5.91 Å². The summed E-state index contributed by atoms with van der Waals surface area (Å²) >= 11 is 0. The summed E-state index contributed by atoms with van der Waals surface area (Å²) in [4.78, 5) is 23.0. The van der Waals surface area contributed by atoms with Gasteiger partial charge in [0.15, 0.2) is 6.10 Å². The zero-order valence-electron chi connectivity index (χ0n) is 11.6. The molecule has 3 N–H and O–H groups in total. The van der Waals surface area contributed by atoms with E-state index < -0.39 is 12.0 Å². The lowest BCUT2D eigenvalue weighted by Gasteiger charge is -2.14. The van der Waals surface area contributed by atoms with Crippen molar-refractivity contribution in [3.05, 3.63) is 60.2 Å². The molecule has 0 heterocycles. The largest absolute Gasteiger partial charge is 0.481 e. The van der Waals surface area contributed by atoms with Gasteiger partial charge in [0.1, 0.15) is 5.75 Å². The molecular formula is C16H16N2O3. The molecule has 0 unspecified atom stereocenters. The van der Waals surface area contributed by atoms with E-state index in [1.165, 1.54) is 0 Å². The molecule has 2 aromatic rings. The molecule has 2 amide bonds. The van der Waals surface area contributed by atoms with Crippen molar-refractivity contribution in [3.8, 4) is 5.75 Å². The van der Waals surface area contributed by atoms with Crippen LogP contribution in [0.15, 0.2) is 54.6 Å². The van der Waals surface area contributed by atoms with Gasteiger partial charge in [0.05, 0.1) is 0 Å². The Balaban J connectivity index is 1.95. The van der Waals surface area contributed by atoms with E-state index >= 15 is 0 Å². The normalized spacial score (nSPS) is 11.5. The number of anilines is 1. The molecule has 0 saturated carbocycles. The maximum atomic E-state index is 12.0. The van der Waals surface area contributed by atoms with Crippen LogP contribution in [0.3, 0.4) is 0 Å². The number of rotatable bonds is 5. The standard InChI is InChI=1S/C16H16N2O3/c1-11(21-14-5-3-2-4-6-14)16(20)18-13-9-7-12(8-10-13)15(17)19/h2-11H,1H3,(H2,17,19)(H,18,20)/t11-/m1/s1. The summed E-state index contributed by atoms with van der Waals surface area (Å²) in [5.74, 6) is -0.149. The van der Waals surface area contributed by atoms with Gasteiger partial charge in [0.25, 0.3) is 5.91 Å². The van der Waals surface area contributed by atoms with Crippen LogP contribution in [0.4, 0.5) is 5.69 Å². The van der Waals surface area contributed by atoms with E-state index in [9.17, 15) is 9.59 Å². The van der Waals surface area contributed by atoms with Crippen LogP contribution in [0, 0.1) is 0 Å². The molecule has 5 nitrogen and oxygen atoms in total. The van der Waals surface area contributed by atoms with Crippen molar-refractivity contribution in [2.75, 3.05) is 5.32 Å². The van der Waals surface area contributed by atoms with Gasteiger partial charge in [-0.05, 0) is 43.3 Å². The average molecular weight is 284 g/mol. The number of para-hydroxylation sites is 1. The number of carbonyl (C=O) groups excluding carboxylic acids is 2. The van der Waals surface area contributed by atoms with Gasteiger partial charge in [-0.2, -0.15) is 0 Å². The fourth-order valence-corrected chi connectivity index (χ4v) is 1.72. The van der Waals surface area contributed by atoms with Gasteiger partial charge in [0, 0.05) is 11.3 Å². The van der Waals surface area contributed by atoms with Crippen molar-refractivity contribution in [2.24, 2.45) is 5.73 Å². The number of ether oxygens (including phenoxy) is 1. The Morgan fingerprint density at radius 1 is 1.05 bits per heavy atom. The topological polar surface area (TPSA) is 81.4 Å². The second kappa shape index (κ2) is 6.56. The number of amides is 2. The summed E-state index contributed by atoms with van der Waals surface area (Å²) in [6.07, 6.45) is -0.636. The van der Waals surface area contributed by atoms with Gasteiger partial charge >= 0.3 is 0 Å². The van der Waals surface area contributed by atoms with Crippen LogP contribution in [0.1, 0.15) is 17.3 Å². The molecule has 0 spiro atoms. The quantitative estimate of drug-likeness (QED) is 0.883. The first-order valence-corrected chi connectivity index (χ1v) is 6.48. The van der Waals surface area contributed by atoms with Crippen molar-refractivity contribution in [3.63, 3.8) is 0 Å². The Kier molecular flexibility index (Phi) is 4.56. The van der Waals surface area contributed by atoms with Crippen molar-refractivity contribution in [1.29, 1.82) is 0 Å². The summed E-state index contributed by atoms with van der Waals surface area (Å²) in [5.41, 5.74) is 6.12. The maximum absolute atomic E-state index is 12.0. The molecule has 2 rings (SSSR count). The molecule has 0 aliphatic heterocycles. The SMILES string of the molecule is C[C@@H](Oc1ccccc1)C(=O)Nc1ccc(C(N)=O)cc1. The second-order valence-corrected chi connectivity index (χ2v) is 4.50. The molecule has 2 aromatic carbocycles. The third kappa shape index (κ3) is 4.07. The summed E-state index contributed by atoms with van der Waals surface area (Å²) in [5, 5.41) is 2.71. The lowest BCUT2D eigenvalue weighted by Crippen LogP contribution is -2.30. The summed E-state index contributed by atoms with van der Waals surface area (Å²) < 4.78 is 5.52. The third-order valence-corrected chi connectivity index (χ3v) is 2.86. The first-order valence-electron chi connectivity index (χ1n) is 6.48. The summed E-state index contributed by atoms with van der Waals surface area (Å²) in [6.45, 7) is 1.67. The van der Waals surface area contributed by atoms with Gasteiger partial charge in [-0.25, -0.2) is 0 Å². The number of benzene rings is 2. The smallest absolute Gasteiger partial charge is 0.265 e. The molecule has 0 aliphatic rings. The van der Waals surface area contributed by atoms with Gasteiger partial charge in [-0.1, -0.05) is 18.2 Å². The maximum Gasteiger partial charge on any atom is 0.265 e. The van der Waals surface area contributed by atoms with E-state index in [0.29, 0.717) is 17.0 Å². The highest BCUT2D eigenvalue weighted by atomic mass is 16.5. The zero-order chi connectivity index (χ0) is 15.2. The van der Waals surface area contributed by atoms with E-state index in [0.717, 1.165) is 0 Å². The number of hydrogen-bond acceptors (Lipinski definition) is 3. The monoisotopic (exact) mass is 284 g/mol. The van der Waals surface area contributed by atoms with Crippen LogP contribution in [0.2, 0.25) is 0 Å². The predicted molar refractivity (Wildman–Crippen MR) is 80.1 cm³/mol. The molecule has 0 aliphatic carbocycles. The van der Waals surface area contributed by atoms with Crippen LogP contribution in [0.5, 0.6) is 5.75 Å². The minimum Gasteiger partial charge on any atom is -0.481 e.